The first-order chi connectivity index (χ1) is 5.18. The molecule has 0 aromatic heterocycles. The van der Waals surface area contributed by atoms with E-state index in [-0.39, 0.29) is 30.0 Å². The van der Waals surface area contributed by atoms with Crippen LogP contribution in [0.15, 0.2) is 24.3 Å². The fraction of sp³-hybridized carbons (Fsp3) is 0.333. The van der Waals surface area contributed by atoms with Crippen molar-refractivity contribution < 1.29 is 5.11 Å². The molecular weight excluding hydrogens is 265 g/mol. The minimum Gasteiger partial charge on any atom is -0.508 e. The van der Waals surface area contributed by atoms with Gasteiger partial charge in [-0.2, -0.15) is 0 Å². The molecule has 0 saturated carbocycles. The summed E-state index contributed by atoms with van der Waals surface area (Å²) in [5.74, 6) is 0.304. The first kappa shape index (κ1) is 11.7. The Hall–Kier alpha value is -0.290. The lowest BCUT2D eigenvalue weighted by molar-refractivity contribution is 0.475. The van der Waals surface area contributed by atoms with Crippen LogP contribution >= 0.6 is 24.0 Å². The second-order valence-corrected chi connectivity index (χ2v) is 2.85. The molecule has 1 rings (SSSR count). The van der Waals surface area contributed by atoms with E-state index >= 15 is 0 Å². The summed E-state index contributed by atoms with van der Waals surface area (Å²) in [6.45, 7) is 1.97. The van der Waals surface area contributed by atoms with Gasteiger partial charge >= 0.3 is 0 Å². The molecule has 2 nitrogen and oxygen atoms in total. The Labute approximate surface area is 89.8 Å². The molecule has 68 valence electrons. The largest absolute Gasteiger partial charge is 0.508 e. The van der Waals surface area contributed by atoms with Gasteiger partial charge < -0.3 is 10.8 Å². The Morgan fingerprint density at radius 3 is 2.25 bits per heavy atom. The highest BCUT2D eigenvalue weighted by Gasteiger charge is 1.96. The molecule has 0 bridgehead atoms. The predicted octanol–water partition coefficient (Wildman–Crippen LogP) is 1.90. The molecule has 1 unspecified atom stereocenters. The lowest BCUT2D eigenvalue weighted by Crippen LogP contribution is -2.17. The zero-order valence-electron chi connectivity index (χ0n) is 7.03. The molecule has 1 aromatic carbocycles. The number of phenolic OH excluding ortho intramolecular Hbond substituents is 1. The molecule has 3 N–H and O–H groups in total. The summed E-state index contributed by atoms with van der Waals surface area (Å²) >= 11 is 0. The van der Waals surface area contributed by atoms with Gasteiger partial charge in [-0.25, -0.2) is 0 Å². The lowest BCUT2D eigenvalue weighted by Gasteiger charge is -2.03. The summed E-state index contributed by atoms with van der Waals surface area (Å²) in [6.07, 6.45) is 0.861. The number of benzene rings is 1. The summed E-state index contributed by atoms with van der Waals surface area (Å²) in [6, 6.07) is 7.31. The molecule has 0 radical (unpaired) electrons. The van der Waals surface area contributed by atoms with Gasteiger partial charge in [-0.1, -0.05) is 12.1 Å². The average molecular weight is 279 g/mol. The van der Waals surface area contributed by atoms with Gasteiger partial charge in [0.2, 0.25) is 0 Å². The highest BCUT2D eigenvalue weighted by Crippen LogP contribution is 2.10. The Morgan fingerprint density at radius 2 is 1.83 bits per heavy atom. The molecule has 3 heteroatoms. The first-order valence-corrected chi connectivity index (χ1v) is 3.72. The quantitative estimate of drug-likeness (QED) is 0.812. The number of phenols is 1. The molecular formula is C9H14INO. The zero-order chi connectivity index (χ0) is 8.27. The van der Waals surface area contributed by atoms with Crippen LogP contribution in [0.2, 0.25) is 0 Å². The van der Waals surface area contributed by atoms with Crippen LogP contribution < -0.4 is 5.73 Å². The van der Waals surface area contributed by atoms with Crippen LogP contribution in [0, 0.1) is 0 Å². The van der Waals surface area contributed by atoms with E-state index in [1.165, 1.54) is 0 Å². The number of rotatable bonds is 2. The van der Waals surface area contributed by atoms with Crippen LogP contribution in [0.25, 0.3) is 0 Å². The van der Waals surface area contributed by atoms with E-state index in [2.05, 4.69) is 0 Å². The highest BCUT2D eigenvalue weighted by atomic mass is 127. The molecule has 1 aromatic rings. The van der Waals surface area contributed by atoms with Gasteiger partial charge in [0.05, 0.1) is 0 Å². The van der Waals surface area contributed by atoms with E-state index in [4.69, 9.17) is 10.8 Å². The average Bonchev–Trinajstić information content (AvgIpc) is 1.93. The maximum atomic E-state index is 8.96. The molecule has 1 atom stereocenters. The Balaban J connectivity index is 0.00000121. The van der Waals surface area contributed by atoms with Crippen molar-refractivity contribution in [1.29, 1.82) is 0 Å². The molecule has 0 saturated heterocycles. The van der Waals surface area contributed by atoms with E-state index < -0.39 is 0 Å². The van der Waals surface area contributed by atoms with E-state index in [1.807, 2.05) is 19.1 Å². The van der Waals surface area contributed by atoms with Gasteiger partial charge in [0.25, 0.3) is 0 Å². The third kappa shape index (κ3) is 3.92. The minimum atomic E-state index is 0. The van der Waals surface area contributed by atoms with Gasteiger partial charge in [0.15, 0.2) is 0 Å². The summed E-state index contributed by atoms with van der Waals surface area (Å²) < 4.78 is 0. The third-order valence-electron chi connectivity index (χ3n) is 1.49. The maximum Gasteiger partial charge on any atom is 0.115 e. The zero-order valence-corrected chi connectivity index (χ0v) is 9.36. The van der Waals surface area contributed by atoms with Gasteiger partial charge in [-0.05, 0) is 31.0 Å². The van der Waals surface area contributed by atoms with Gasteiger partial charge in [0.1, 0.15) is 5.75 Å². The fourth-order valence-electron chi connectivity index (χ4n) is 1.00. The van der Waals surface area contributed by atoms with Crippen LogP contribution in [-0.2, 0) is 6.42 Å². The maximum absolute atomic E-state index is 8.96. The fourth-order valence-corrected chi connectivity index (χ4v) is 1.00. The van der Waals surface area contributed by atoms with E-state index in [0.29, 0.717) is 5.75 Å². The monoisotopic (exact) mass is 279 g/mol. The van der Waals surface area contributed by atoms with Gasteiger partial charge in [-0.3, -0.25) is 0 Å². The number of hydrogen-bond acceptors (Lipinski definition) is 2. The van der Waals surface area contributed by atoms with Crippen molar-refractivity contribution in [1.82, 2.24) is 0 Å². The van der Waals surface area contributed by atoms with Crippen molar-refractivity contribution in [3.05, 3.63) is 29.8 Å². The Bertz CT molecular complexity index is 220. The van der Waals surface area contributed by atoms with Crippen LogP contribution in [0.1, 0.15) is 12.5 Å². The Morgan fingerprint density at radius 1 is 1.33 bits per heavy atom. The predicted molar refractivity (Wildman–Crippen MR) is 60.9 cm³/mol. The van der Waals surface area contributed by atoms with E-state index in [1.54, 1.807) is 12.1 Å². The molecule has 0 aliphatic rings. The van der Waals surface area contributed by atoms with Gasteiger partial charge in [0, 0.05) is 6.04 Å². The molecule has 0 aliphatic carbocycles. The minimum absolute atomic E-state index is 0. The van der Waals surface area contributed by atoms with E-state index in [9.17, 15) is 0 Å². The molecule has 0 amide bonds. The molecule has 0 fully saturated rings. The van der Waals surface area contributed by atoms with Crippen molar-refractivity contribution in [2.24, 2.45) is 5.73 Å². The lowest BCUT2D eigenvalue weighted by atomic mass is 10.1. The normalized spacial score (nSPS) is 11.8. The summed E-state index contributed by atoms with van der Waals surface area (Å²) in [5, 5.41) is 8.96. The topological polar surface area (TPSA) is 46.2 Å². The van der Waals surface area contributed by atoms with Gasteiger partial charge in [-0.15, -0.1) is 24.0 Å². The van der Waals surface area contributed by atoms with Crippen molar-refractivity contribution in [3.8, 4) is 5.75 Å². The number of hydrogen-bond donors (Lipinski definition) is 2. The highest BCUT2D eigenvalue weighted by molar-refractivity contribution is 14.0. The van der Waals surface area contributed by atoms with Crippen molar-refractivity contribution in [2.45, 2.75) is 19.4 Å². The SMILES string of the molecule is CC(N)Cc1ccc(O)cc1.I. The van der Waals surface area contributed by atoms with Crippen molar-refractivity contribution >= 4 is 24.0 Å². The molecule has 12 heavy (non-hydrogen) atoms. The molecule has 0 aliphatic heterocycles. The van der Waals surface area contributed by atoms with Crippen LogP contribution in [0.5, 0.6) is 5.75 Å². The third-order valence-corrected chi connectivity index (χ3v) is 1.49. The second-order valence-electron chi connectivity index (χ2n) is 2.85. The summed E-state index contributed by atoms with van der Waals surface area (Å²) in [5.41, 5.74) is 6.76. The number of aromatic hydroxyl groups is 1. The smallest absolute Gasteiger partial charge is 0.115 e. The second kappa shape index (κ2) is 5.37. The van der Waals surface area contributed by atoms with Crippen LogP contribution in [0.3, 0.4) is 0 Å². The summed E-state index contributed by atoms with van der Waals surface area (Å²) in [7, 11) is 0. The van der Waals surface area contributed by atoms with Crippen LogP contribution in [0.4, 0.5) is 0 Å². The number of halogens is 1. The first-order valence-electron chi connectivity index (χ1n) is 3.72. The molecule has 0 spiro atoms. The Kier molecular flexibility index (Phi) is 5.24. The summed E-state index contributed by atoms with van der Waals surface area (Å²) in [4.78, 5) is 0. The number of nitrogens with two attached hydrogens (primary N) is 1. The standard InChI is InChI=1S/C9H13NO.HI/c1-7(10)6-8-2-4-9(11)5-3-8;/h2-5,7,11H,6,10H2,1H3;1H. The molecule has 0 heterocycles. The van der Waals surface area contributed by atoms with Crippen molar-refractivity contribution in [3.63, 3.8) is 0 Å². The van der Waals surface area contributed by atoms with Crippen molar-refractivity contribution in [2.75, 3.05) is 0 Å². The van der Waals surface area contributed by atoms with E-state index in [0.717, 1.165) is 12.0 Å². The van der Waals surface area contributed by atoms with Crippen LogP contribution in [-0.4, -0.2) is 11.1 Å².